The zero-order chi connectivity index (χ0) is 23.8. The molecule has 2 fully saturated rings. The van der Waals surface area contributed by atoms with Crippen molar-refractivity contribution in [1.29, 1.82) is 0 Å². The minimum Gasteiger partial charge on any atom is -0.389 e. The Morgan fingerprint density at radius 3 is 2.62 bits per heavy atom. The lowest BCUT2D eigenvalue weighted by molar-refractivity contribution is 0.141. The molecule has 0 bridgehead atoms. The van der Waals surface area contributed by atoms with Crippen molar-refractivity contribution in [2.45, 2.75) is 74.7 Å². The number of aromatic nitrogens is 5. The second-order valence-corrected chi connectivity index (χ2v) is 10.3. The molecule has 2 radical (unpaired) electrons. The van der Waals surface area contributed by atoms with E-state index in [1.807, 2.05) is 11.8 Å². The number of fused-ring (bicyclic) bond motifs is 1. The van der Waals surface area contributed by atoms with E-state index in [1.165, 1.54) is 42.7 Å². The summed E-state index contributed by atoms with van der Waals surface area (Å²) < 4.78 is 1.29. The van der Waals surface area contributed by atoms with Crippen LogP contribution in [0.25, 0.3) is 11.0 Å². The van der Waals surface area contributed by atoms with Crippen LogP contribution < -0.4 is 21.6 Å². The number of anilines is 1. The summed E-state index contributed by atoms with van der Waals surface area (Å²) in [5.41, 5.74) is 1.37. The predicted octanol–water partition coefficient (Wildman–Crippen LogP) is 1.47. The Labute approximate surface area is 202 Å². The van der Waals surface area contributed by atoms with Crippen molar-refractivity contribution in [3.8, 4) is 0 Å². The number of H-pyrrole nitrogens is 2. The Balaban J connectivity index is 1.41. The molecule has 3 aromatic heterocycles. The molecule has 0 aromatic carbocycles. The van der Waals surface area contributed by atoms with Crippen molar-refractivity contribution in [3.05, 3.63) is 32.6 Å². The monoisotopic (exact) mass is 480 g/mol. The average molecular weight is 480 g/mol. The zero-order valence-electron chi connectivity index (χ0n) is 19.3. The normalized spacial score (nSPS) is 17.4. The van der Waals surface area contributed by atoms with Gasteiger partial charge in [0.05, 0.1) is 16.5 Å². The minimum absolute atomic E-state index is 0.313. The molecule has 0 atom stereocenters. The summed E-state index contributed by atoms with van der Waals surface area (Å²) in [4.78, 5) is 42.7. The highest BCUT2D eigenvalue weighted by atomic mass is 32.2. The summed E-state index contributed by atoms with van der Waals surface area (Å²) in [6.45, 7) is 3.38. The maximum atomic E-state index is 12.7. The van der Waals surface area contributed by atoms with Crippen molar-refractivity contribution in [3.63, 3.8) is 0 Å². The quantitative estimate of drug-likeness (QED) is 0.266. The maximum Gasteiger partial charge on any atom is 0.329 e. The molecule has 0 spiro atoms. The first-order valence-electron chi connectivity index (χ1n) is 12.1. The van der Waals surface area contributed by atoms with E-state index in [4.69, 9.17) is 7.85 Å². The minimum atomic E-state index is -0.407. The smallest absolute Gasteiger partial charge is 0.329 e. The van der Waals surface area contributed by atoms with Crippen molar-refractivity contribution < 1.29 is 5.11 Å². The Bertz CT molecular complexity index is 1280. The van der Waals surface area contributed by atoms with Crippen LogP contribution in [0.4, 0.5) is 5.82 Å². The van der Waals surface area contributed by atoms with Gasteiger partial charge in [-0.05, 0) is 30.5 Å². The van der Waals surface area contributed by atoms with Crippen molar-refractivity contribution in [1.82, 2.24) is 24.5 Å². The first-order chi connectivity index (χ1) is 16.4. The van der Waals surface area contributed by atoms with Crippen LogP contribution in [-0.4, -0.2) is 56.6 Å². The number of hydrogen-bond donors (Lipinski definition) is 3. The van der Waals surface area contributed by atoms with Gasteiger partial charge in [0, 0.05) is 31.4 Å². The fourth-order valence-electron chi connectivity index (χ4n) is 4.96. The molecule has 11 heteroatoms. The average Bonchev–Trinajstić information content (AvgIpc) is 3.12. The van der Waals surface area contributed by atoms with Gasteiger partial charge in [-0.1, -0.05) is 44.5 Å². The standard InChI is InChI=1S/C23H29BN6O3S/c1-2-15-19(24)18-20(25-15)27-22(28-21(18)29-11-14(31)12-29)34-16-10-17(32)30(23(33)26-16)9-8-13-6-4-3-5-7-13/h10,13-14,31H,2-9,11-12H2,1H3,(H,26,33)(H,25,27,28). The van der Waals surface area contributed by atoms with Crippen LogP contribution >= 0.6 is 11.8 Å². The van der Waals surface area contributed by atoms with Gasteiger partial charge in [0.15, 0.2) is 5.16 Å². The molecular weight excluding hydrogens is 451 g/mol. The van der Waals surface area contributed by atoms with Gasteiger partial charge in [0.25, 0.3) is 5.56 Å². The van der Waals surface area contributed by atoms with Gasteiger partial charge < -0.3 is 20.0 Å². The van der Waals surface area contributed by atoms with E-state index >= 15 is 0 Å². The molecule has 9 nitrogen and oxygen atoms in total. The number of nitrogens with zero attached hydrogens (tertiary/aromatic N) is 4. The van der Waals surface area contributed by atoms with E-state index in [0.29, 0.717) is 52.7 Å². The molecule has 34 heavy (non-hydrogen) atoms. The molecule has 178 valence electrons. The first kappa shape index (κ1) is 23.2. The van der Waals surface area contributed by atoms with Crippen LogP contribution in [0.2, 0.25) is 0 Å². The number of aromatic amines is 2. The van der Waals surface area contributed by atoms with Gasteiger partial charge in [0.1, 0.15) is 19.3 Å². The Kier molecular flexibility index (Phi) is 6.57. The molecule has 4 heterocycles. The molecular formula is C23H29BN6O3S. The fourth-order valence-corrected chi connectivity index (χ4v) is 5.73. The molecule has 3 aromatic rings. The number of hydrogen-bond acceptors (Lipinski definition) is 7. The SMILES string of the molecule is [B]c1c(CC)[nH]c2nc(Sc3cc(=O)n(CCC4CCCCC4)c(=O)[nH]3)nc(N3CC(O)C3)c12. The summed E-state index contributed by atoms with van der Waals surface area (Å²) >= 11 is 1.13. The summed E-state index contributed by atoms with van der Waals surface area (Å²) in [7, 11) is 6.34. The summed E-state index contributed by atoms with van der Waals surface area (Å²) in [5, 5.41) is 11.3. The lowest BCUT2D eigenvalue weighted by Gasteiger charge is -2.37. The van der Waals surface area contributed by atoms with E-state index in [2.05, 4.69) is 19.9 Å². The number of aliphatic hydroxyl groups excluding tert-OH is 1. The molecule has 5 rings (SSSR count). The lowest BCUT2D eigenvalue weighted by Crippen LogP contribution is -2.51. The van der Waals surface area contributed by atoms with Crippen LogP contribution in [0.3, 0.4) is 0 Å². The molecule has 2 aliphatic rings. The van der Waals surface area contributed by atoms with Crippen LogP contribution in [0.15, 0.2) is 25.8 Å². The van der Waals surface area contributed by atoms with E-state index in [-0.39, 0.29) is 5.56 Å². The van der Waals surface area contributed by atoms with Crippen LogP contribution in [0, 0.1) is 5.92 Å². The molecule has 0 amide bonds. The van der Waals surface area contributed by atoms with Gasteiger partial charge in [-0.25, -0.2) is 14.8 Å². The topological polar surface area (TPSA) is 120 Å². The molecule has 1 aliphatic heterocycles. The number of β-amino-alcohol motifs (C(OH)–C–C–N with tert-alkyl or cyclic N) is 1. The highest BCUT2D eigenvalue weighted by Gasteiger charge is 2.29. The lowest BCUT2D eigenvalue weighted by atomic mass is 9.87. The number of aliphatic hydroxyl groups is 1. The predicted molar refractivity (Wildman–Crippen MR) is 134 cm³/mol. The highest BCUT2D eigenvalue weighted by molar-refractivity contribution is 7.99. The second-order valence-electron chi connectivity index (χ2n) is 9.31. The van der Waals surface area contributed by atoms with Crippen LogP contribution in [0.1, 0.15) is 51.1 Å². The van der Waals surface area contributed by atoms with Crippen LogP contribution in [0.5, 0.6) is 0 Å². The Hall–Kier alpha value is -2.53. The second kappa shape index (κ2) is 9.61. The van der Waals surface area contributed by atoms with Crippen molar-refractivity contribution >= 4 is 41.9 Å². The molecule has 1 aliphatic carbocycles. The molecule has 1 saturated heterocycles. The Morgan fingerprint density at radius 2 is 1.94 bits per heavy atom. The summed E-state index contributed by atoms with van der Waals surface area (Å²) in [6.07, 6.45) is 7.30. The van der Waals surface area contributed by atoms with E-state index < -0.39 is 11.8 Å². The summed E-state index contributed by atoms with van der Waals surface area (Å²) in [6, 6.07) is 1.44. The Morgan fingerprint density at radius 1 is 1.18 bits per heavy atom. The third-order valence-electron chi connectivity index (χ3n) is 6.93. The van der Waals surface area contributed by atoms with Crippen molar-refractivity contribution in [2.75, 3.05) is 18.0 Å². The largest absolute Gasteiger partial charge is 0.389 e. The molecule has 0 unspecified atom stereocenters. The molecule has 1 saturated carbocycles. The maximum absolute atomic E-state index is 12.7. The molecule has 3 N–H and O–H groups in total. The fraction of sp³-hybridized carbons (Fsp3) is 0.565. The zero-order valence-corrected chi connectivity index (χ0v) is 20.2. The van der Waals surface area contributed by atoms with Crippen LogP contribution in [-0.2, 0) is 13.0 Å². The number of nitrogens with one attached hydrogen (secondary N) is 2. The van der Waals surface area contributed by atoms with Gasteiger partial charge in [0.2, 0.25) is 0 Å². The van der Waals surface area contributed by atoms with Gasteiger partial charge in [-0.2, -0.15) is 0 Å². The third kappa shape index (κ3) is 4.55. The van der Waals surface area contributed by atoms with E-state index in [9.17, 15) is 14.7 Å². The number of rotatable bonds is 7. The first-order valence-corrected chi connectivity index (χ1v) is 12.9. The number of aryl methyl sites for hydroxylation is 1. The van der Waals surface area contributed by atoms with E-state index in [1.54, 1.807) is 0 Å². The van der Waals surface area contributed by atoms with Crippen molar-refractivity contribution in [2.24, 2.45) is 5.92 Å². The highest BCUT2D eigenvalue weighted by Crippen LogP contribution is 2.31. The van der Waals surface area contributed by atoms with Gasteiger partial charge in [-0.15, -0.1) is 0 Å². The third-order valence-corrected chi connectivity index (χ3v) is 7.74. The summed E-state index contributed by atoms with van der Waals surface area (Å²) in [5.74, 6) is 1.24. The van der Waals surface area contributed by atoms with Gasteiger partial charge >= 0.3 is 5.69 Å². The van der Waals surface area contributed by atoms with Gasteiger partial charge in [-0.3, -0.25) is 9.36 Å². The van der Waals surface area contributed by atoms with E-state index in [0.717, 1.165) is 35.7 Å².